The highest BCUT2D eigenvalue weighted by molar-refractivity contribution is 5.76. The highest BCUT2D eigenvalue weighted by Gasteiger charge is 2.28. The van der Waals surface area contributed by atoms with Crippen molar-refractivity contribution in [1.82, 2.24) is 24.6 Å². The van der Waals surface area contributed by atoms with Crippen LogP contribution in [-0.4, -0.2) is 37.1 Å². The zero-order valence-corrected chi connectivity index (χ0v) is 11.4. The number of H-pyrrole nitrogens is 1. The van der Waals surface area contributed by atoms with Gasteiger partial charge in [-0.05, 0) is 25.3 Å². The molecule has 1 atom stereocenters. The summed E-state index contributed by atoms with van der Waals surface area (Å²) in [5, 5.41) is 7.00. The zero-order chi connectivity index (χ0) is 13.8. The summed E-state index contributed by atoms with van der Waals surface area (Å²) in [4.78, 5) is 18.4. The first-order valence-electron chi connectivity index (χ1n) is 7.09. The second kappa shape index (κ2) is 5.90. The Morgan fingerprint density at radius 2 is 2.35 bits per heavy atom. The van der Waals surface area contributed by atoms with Gasteiger partial charge in [0.2, 0.25) is 5.91 Å². The summed E-state index contributed by atoms with van der Waals surface area (Å²) in [5.41, 5.74) is 1.04. The van der Waals surface area contributed by atoms with Crippen molar-refractivity contribution in [3.63, 3.8) is 0 Å². The van der Waals surface area contributed by atoms with Gasteiger partial charge in [0, 0.05) is 38.1 Å². The Bertz CT molecular complexity index is 534. The number of carbonyl (C=O) groups is 1. The molecule has 6 nitrogen and oxygen atoms in total. The maximum Gasteiger partial charge on any atom is 0.224 e. The molecule has 1 aliphatic heterocycles. The van der Waals surface area contributed by atoms with E-state index in [0.717, 1.165) is 31.5 Å². The summed E-state index contributed by atoms with van der Waals surface area (Å²) in [7, 11) is 0. The van der Waals surface area contributed by atoms with Crippen molar-refractivity contribution < 1.29 is 4.79 Å². The fourth-order valence-electron chi connectivity index (χ4n) is 2.79. The van der Waals surface area contributed by atoms with Crippen molar-refractivity contribution in [1.29, 1.82) is 0 Å². The summed E-state index contributed by atoms with van der Waals surface area (Å²) >= 11 is 0. The van der Waals surface area contributed by atoms with Crippen molar-refractivity contribution in [3.8, 4) is 0 Å². The van der Waals surface area contributed by atoms with Gasteiger partial charge in [0.15, 0.2) is 0 Å². The normalized spacial score (nSPS) is 19.2. The smallest absolute Gasteiger partial charge is 0.224 e. The van der Waals surface area contributed by atoms with Crippen LogP contribution < -0.4 is 0 Å². The van der Waals surface area contributed by atoms with Gasteiger partial charge in [-0.1, -0.05) is 0 Å². The molecule has 2 aromatic rings. The first-order valence-corrected chi connectivity index (χ1v) is 7.09. The molecule has 1 N–H and O–H groups in total. The molecule has 1 aliphatic rings. The molecule has 1 amide bonds. The van der Waals surface area contributed by atoms with E-state index >= 15 is 0 Å². The lowest BCUT2D eigenvalue weighted by molar-refractivity contribution is -0.135. The summed E-state index contributed by atoms with van der Waals surface area (Å²) in [6.45, 7) is 1.53. The topological polar surface area (TPSA) is 66.8 Å². The molecule has 1 fully saturated rings. The van der Waals surface area contributed by atoms with Gasteiger partial charge < -0.3 is 9.47 Å². The van der Waals surface area contributed by atoms with Crippen LogP contribution in [0.2, 0.25) is 0 Å². The molecule has 0 bridgehead atoms. The van der Waals surface area contributed by atoms with Crippen LogP contribution in [-0.2, 0) is 11.3 Å². The summed E-state index contributed by atoms with van der Waals surface area (Å²) < 4.78 is 1.94. The molecule has 0 radical (unpaired) electrons. The number of aromatic amines is 1. The summed E-state index contributed by atoms with van der Waals surface area (Å²) in [5.74, 6) is 0.206. The largest absolute Gasteiger partial charge is 0.337 e. The number of aryl methyl sites for hydroxylation is 1. The molecule has 0 aliphatic carbocycles. The van der Waals surface area contributed by atoms with Gasteiger partial charge in [-0.25, -0.2) is 4.98 Å². The molecule has 1 saturated heterocycles. The fourth-order valence-corrected chi connectivity index (χ4v) is 2.79. The van der Waals surface area contributed by atoms with E-state index in [1.807, 2.05) is 21.7 Å². The minimum atomic E-state index is 0.154. The Hall–Kier alpha value is -2.11. The van der Waals surface area contributed by atoms with Crippen LogP contribution >= 0.6 is 0 Å². The number of nitrogens with zero attached hydrogens (tertiary/aromatic N) is 4. The van der Waals surface area contributed by atoms with E-state index in [9.17, 15) is 4.79 Å². The lowest BCUT2D eigenvalue weighted by Gasteiger charge is -2.35. The number of imidazole rings is 1. The van der Waals surface area contributed by atoms with Crippen LogP contribution in [0.3, 0.4) is 0 Å². The van der Waals surface area contributed by atoms with E-state index in [1.54, 1.807) is 18.7 Å². The molecule has 0 saturated carbocycles. The Morgan fingerprint density at radius 3 is 3.10 bits per heavy atom. The van der Waals surface area contributed by atoms with Crippen molar-refractivity contribution in [2.45, 2.75) is 38.3 Å². The van der Waals surface area contributed by atoms with Crippen molar-refractivity contribution in [2.24, 2.45) is 0 Å². The number of aromatic nitrogens is 4. The third-order valence-electron chi connectivity index (χ3n) is 3.85. The van der Waals surface area contributed by atoms with Gasteiger partial charge in [0.1, 0.15) is 0 Å². The monoisotopic (exact) mass is 273 g/mol. The predicted molar refractivity (Wildman–Crippen MR) is 73.7 cm³/mol. The zero-order valence-electron chi connectivity index (χ0n) is 11.4. The van der Waals surface area contributed by atoms with E-state index in [-0.39, 0.29) is 11.9 Å². The molecule has 3 rings (SSSR count). The van der Waals surface area contributed by atoms with Gasteiger partial charge in [-0.15, -0.1) is 0 Å². The molecule has 0 unspecified atom stereocenters. The van der Waals surface area contributed by atoms with Gasteiger partial charge in [-0.3, -0.25) is 9.89 Å². The van der Waals surface area contributed by atoms with E-state index in [0.29, 0.717) is 13.0 Å². The van der Waals surface area contributed by atoms with Crippen LogP contribution in [0.5, 0.6) is 0 Å². The van der Waals surface area contributed by atoms with Crippen molar-refractivity contribution >= 4 is 5.91 Å². The quantitative estimate of drug-likeness (QED) is 0.923. The summed E-state index contributed by atoms with van der Waals surface area (Å²) in [6.07, 6.45) is 10.9. The van der Waals surface area contributed by atoms with Crippen molar-refractivity contribution in [2.75, 3.05) is 6.54 Å². The molecule has 106 valence electrons. The first-order chi connectivity index (χ1) is 9.84. The summed E-state index contributed by atoms with van der Waals surface area (Å²) in [6, 6.07) is 2.12. The van der Waals surface area contributed by atoms with Crippen LogP contribution in [0.1, 0.15) is 37.4 Å². The second-order valence-corrected chi connectivity index (χ2v) is 5.16. The Labute approximate surface area is 117 Å². The minimum absolute atomic E-state index is 0.154. The highest BCUT2D eigenvalue weighted by atomic mass is 16.2. The number of carbonyl (C=O) groups excluding carboxylic acids is 1. The number of rotatable bonds is 4. The molecule has 2 aromatic heterocycles. The van der Waals surface area contributed by atoms with E-state index in [4.69, 9.17) is 0 Å². The second-order valence-electron chi connectivity index (χ2n) is 5.16. The van der Waals surface area contributed by atoms with Crippen molar-refractivity contribution in [3.05, 3.63) is 36.7 Å². The molecule has 3 heterocycles. The maximum absolute atomic E-state index is 12.5. The van der Waals surface area contributed by atoms with Crippen LogP contribution in [0, 0.1) is 0 Å². The third kappa shape index (κ3) is 2.74. The molecular formula is C14H19N5O. The van der Waals surface area contributed by atoms with Crippen LogP contribution in [0.15, 0.2) is 31.0 Å². The maximum atomic E-state index is 12.5. The van der Waals surface area contributed by atoms with Crippen LogP contribution in [0.4, 0.5) is 0 Å². The Morgan fingerprint density at radius 1 is 1.40 bits per heavy atom. The van der Waals surface area contributed by atoms with E-state index < -0.39 is 0 Å². The SMILES string of the molecule is O=C(CCn1ccnc1)N1CCCC[C@@H]1c1ccn[nH]1. The number of nitrogens with one attached hydrogen (secondary N) is 1. The number of hydrogen-bond acceptors (Lipinski definition) is 3. The van der Waals surface area contributed by atoms with Crippen LogP contribution in [0.25, 0.3) is 0 Å². The lowest BCUT2D eigenvalue weighted by Crippen LogP contribution is -2.39. The van der Waals surface area contributed by atoms with E-state index in [1.165, 1.54) is 0 Å². The number of amides is 1. The highest BCUT2D eigenvalue weighted by Crippen LogP contribution is 2.30. The third-order valence-corrected chi connectivity index (χ3v) is 3.85. The van der Waals surface area contributed by atoms with Gasteiger partial charge >= 0.3 is 0 Å². The number of hydrogen-bond donors (Lipinski definition) is 1. The van der Waals surface area contributed by atoms with Gasteiger partial charge in [-0.2, -0.15) is 5.10 Å². The Balaban J connectivity index is 1.65. The number of piperidine rings is 1. The first kappa shape index (κ1) is 12.9. The lowest BCUT2D eigenvalue weighted by atomic mass is 9.99. The molecule has 0 spiro atoms. The fraction of sp³-hybridized carbons (Fsp3) is 0.500. The average molecular weight is 273 g/mol. The molecule has 0 aromatic carbocycles. The number of likely N-dealkylation sites (tertiary alicyclic amines) is 1. The molecular weight excluding hydrogens is 254 g/mol. The van der Waals surface area contributed by atoms with E-state index in [2.05, 4.69) is 15.2 Å². The average Bonchev–Trinajstić information content (AvgIpc) is 3.18. The Kier molecular flexibility index (Phi) is 3.80. The molecule has 20 heavy (non-hydrogen) atoms. The van der Waals surface area contributed by atoms with Gasteiger partial charge in [0.25, 0.3) is 0 Å². The predicted octanol–water partition coefficient (Wildman–Crippen LogP) is 1.75. The van der Waals surface area contributed by atoms with Gasteiger partial charge in [0.05, 0.1) is 18.1 Å². The standard InChI is InChI=1S/C14H19N5O/c20-14(5-9-18-10-7-15-11-18)19-8-2-1-3-13(19)12-4-6-16-17-12/h4,6-7,10-11,13H,1-3,5,8-9H2,(H,16,17)/t13-/m1/s1. The minimum Gasteiger partial charge on any atom is -0.337 e. The molecule has 6 heteroatoms.